The molecule has 2 rings (SSSR count). The van der Waals surface area contributed by atoms with Crippen LogP contribution in [0.2, 0.25) is 0 Å². The molecule has 5 heteroatoms. The molecule has 1 aliphatic heterocycles. The molecule has 0 bridgehead atoms. The van der Waals surface area contributed by atoms with E-state index < -0.39 is 5.97 Å². The number of rotatable bonds is 3. The van der Waals surface area contributed by atoms with Gasteiger partial charge in [-0.25, -0.2) is 0 Å². The summed E-state index contributed by atoms with van der Waals surface area (Å²) in [5, 5.41) is 8.94. The van der Waals surface area contributed by atoms with Crippen molar-refractivity contribution in [3.63, 3.8) is 0 Å². The van der Waals surface area contributed by atoms with Gasteiger partial charge in [0.25, 0.3) is 0 Å². The van der Waals surface area contributed by atoms with E-state index in [1.54, 1.807) is 4.90 Å². The van der Waals surface area contributed by atoms with E-state index in [1.807, 2.05) is 0 Å². The monoisotopic (exact) mass is 269 g/mol. The van der Waals surface area contributed by atoms with Crippen molar-refractivity contribution in [3.8, 4) is 0 Å². The van der Waals surface area contributed by atoms with E-state index in [0.29, 0.717) is 19.8 Å². The second kappa shape index (κ2) is 5.49. The van der Waals surface area contributed by atoms with Gasteiger partial charge in [-0.05, 0) is 18.3 Å². The largest absolute Gasteiger partial charge is 0.481 e. The van der Waals surface area contributed by atoms with Crippen LogP contribution in [0.25, 0.3) is 0 Å². The SMILES string of the molecule is CC1(C)CCCC1C(=O)N1CCOCC1CC(=O)O. The number of hydrogen-bond acceptors (Lipinski definition) is 3. The summed E-state index contributed by atoms with van der Waals surface area (Å²) in [6, 6.07) is -0.310. The lowest BCUT2D eigenvalue weighted by atomic mass is 9.80. The molecule has 0 aromatic heterocycles. The maximum atomic E-state index is 12.7. The number of amides is 1. The quantitative estimate of drug-likeness (QED) is 0.843. The van der Waals surface area contributed by atoms with E-state index in [1.165, 1.54) is 0 Å². The molecule has 19 heavy (non-hydrogen) atoms. The minimum Gasteiger partial charge on any atom is -0.481 e. The van der Waals surface area contributed by atoms with Crippen molar-refractivity contribution in [2.24, 2.45) is 11.3 Å². The molecule has 1 N–H and O–H groups in total. The standard InChI is InChI=1S/C14H23NO4/c1-14(2)5-3-4-11(14)13(18)15-6-7-19-9-10(15)8-12(16)17/h10-11H,3-9H2,1-2H3,(H,16,17). The normalized spacial score (nSPS) is 30.3. The Kier molecular flexibility index (Phi) is 4.13. The number of ether oxygens (including phenoxy) is 1. The van der Waals surface area contributed by atoms with Gasteiger partial charge >= 0.3 is 5.97 Å². The van der Waals surface area contributed by atoms with Crippen LogP contribution in [0, 0.1) is 11.3 Å². The Bertz CT molecular complexity index is 366. The molecule has 1 aliphatic carbocycles. The number of nitrogens with zero attached hydrogens (tertiary/aromatic N) is 1. The van der Waals surface area contributed by atoms with Gasteiger partial charge in [-0.3, -0.25) is 9.59 Å². The summed E-state index contributed by atoms with van der Waals surface area (Å²) in [7, 11) is 0. The fraction of sp³-hybridized carbons (Fsp3) is 0.857. The molecule has 0 spiro atoms. The number of carbonyl (C=O) groups excluding carboxylic acids is 1. The van der Waals surface area contributed by atoms with Crippen LogP contribution in [0.4, 0.5) is 0 Å². The predicted octanol–water partition coefficient (Wildman–Crippen LogP) is 1.51. The maximum absolute atomic E-state index is 12.7. The zero-order chi connectivity index (χ0) is 14.0. The second-order valence-electron chi connectivity index (χ2n) is 6.29. The Hall–Kier alpha value is -1.10. The van der Waals surface area contributed by atoms with Crippen LogP contribution in [0.3, 0.4) is 0 Å². The van der Waals surface area contributed by atoms with Crippen LogP contribution in [0.15, 0.2) is 0 Å². The van der Waals surface area contributed by atoms with Crippen LogP contribution >= 0.6 is 0 Å². The third-order valence-electron chi connectivity index (χ3n) is 4.48. The van der Waals surface area contributed by atoms with Crippen molar-refractivity contribution in [3.05, 3.63) is 0 Å². The first kappa shape index (κ1) is 14.3. The third-order valence-corrected chi connectivity index (χ3v) is 4.48. The highest BCUT2D eigenvalue weighted by atomic mass is 16.5. The average Bonchev–Trinajstić information content (AvgIpc) is 2.68. The van der Waals surface area contributed by atoms with E-state index in [-0.39, 0.29) is 29.7 Å². The molecular formula is C14H23NO4. The molecule has 5 nitrogen and oxygen atoms in total. The van der Waals surface area contributed by atoms with Gasteiger partial charge in [0, 0.05) is 12.5 Å². The van der Waals surface area contributed by atoms with Crippen molar-refractivity contribution >= 4 is 11.9 Å². The van der Waals surface area contributed by atoms with E-state index >= 15 is 0 Å². The van der Waals surface area contributed by atoms with Crippen molar-refractivity contribution in [1.82, 2.24) is 4.90 Å². The molecule has 0 radical (unpaired) electrons. The summed E-state index contributed by atoms with van der Waals surface area (Å²) >= 11 is 0. The lowest BCUT2D eigenvalue weighted by Crippen LogP contribution is -2.52. The van der Waals surface area contributed by atoms with E-state index in [0.717, 1.165) is 19.3 Å². The topological polar surface area (TPSA) is 66.8 Å². The lowest BCUT2D eigenvalue weighted by Gasteiger charge is -2.39. The minimum absolute atomic E-state index is 0.0289. The van der Waals surface area contributed by atoms with Gasteiger partial charge in [0.1, 0.15) is 0 Å². The summed E-state index contributed by atoms with van der Waals surface area (Å²) in [6.07, 6.45) is 3.04. The number of aliphatic carboxylic acids is 1. The summed E-state index contributed by atoms with van der Waals surface area (Å²) < 4.78 is 5.32. The summed E-state index contributed by atoms with van der Waals surface area (Å²) in [5.41, 5.74) is 0.0309. The van der Waals surface area contributed by atoms with Crippen LogP contribution in [-0.2, 0) is 14.3 Å². The van der Waals surface area contributed by atoms with Crippen molar-refractivity contribution in [1.29, 1.82) is 0 Å². The fourth-order valence-electron chi connectivity index (χ4n) is 3.30. The van der Waals surface area contributed by atoms with Gasteiger partial charge in [-0.2, -0.15) is 0 Å². The number of hydrogen-bond donors (Lipinski definition) is 1. The Morgan fingerprint density at radius 1 is 1.42 bits per heavy atom. The molecule has 0 aromatic rings. The molecule has 1 saturated heterocycles. The minimum atomic E-state index is -0.876. The first-order chi connectivity index (χ1) is 8.92. The highest BCUT2D eigenvalue weighted by Gasteiger charge is 2.43. The Labute approximate surface area is 113 Å². The van der Waals surface area contributed by atoms with Crippen molar-refractivity contribution < 1.29 is 19.4 Å². The van der Waals surface area contributed by atoms with E-state index in [4.69, 9.17) is 9.84 Å². The van der Waals surface area contributed by atoms with Crippen LogP contribution in [-0.4, -0.2) is 47.7 Å². The van der Waals surface area contributed by atoms with Gasteiger partial charge in [0.15, 0.2) is 0 Å². The van der Waals surface area contributed by atoms with E-state index in [9.17, 15) is 9.59 Å². The van der Waals surface area contributed by atoms with Gasteiger partial charge in [0.2, 0.25) is 5.91 Å². The molecule has 0 aromatic carbocycles. The highest BCUT2D eigenvalue weighted by molar-refractivity contribution is 5.81. The molecule has 2 fully saturated rings. The fourth-order valence-corrected chi connectivity index (χ4v) is 3.30. The first-order valence-corrected chi connectivity index (χ1v) is 7.02. The molecule has 1 amide bonds. The van der Waals surface area contributed by atoms with Crippen LogP contribution in [0.1, 0.15) is 39.5 Å². The second-order valence-corrected chi connectivity index (χ2v) is 6.29. The van der Waals surface area contributed by atoms with E-state index in [2.05, 4.69) is 13.8 Å². The number of carboxylic acid groups (broad SMARTS) is 1. The van der Waals surface area contributed by atoms with Crippen LogP contribution in [0.5, 0.6) is 0 Å². The van der Waals surface area contributed by atoms with Gasteiger partial charge in [0.05, 0.1) is 25.7 Å². The average molecular weight is 269 g/mol. The Morgan fingerprint density at radius 2 is 2.16 bits per heavy atom. The summed E-state index contributed by atoms with van der Waals surface area (Å²) in [4.78, 5) is 25.3. The highest BCUT2D eigenvalue weighted by Crippen LogP contribution is 2.43. The Balaban J connectivity index is 2.09. The predicted molar refractivity (Wildman–Crippen MR) is 69.7 cm³/mol. The molecular weight excluding hydrogens is 246 g/mol. The van der Waals surface area contributed by atoms with Gasteiger partial charge < -0.3 is 14.7 Å². The molecule has 1 heterocycles. The molecule has 1 saturated carbocycles. The summed E-state index contributed by atoms with van der Waals surface area (Å²) in [5.74, 6) is -0.724. The zero-order valence-electron chi connectivity index (χ0n) is 11.7. The van der Waals surface area contributed by atoms with Crippen molar-refractivity contribution in [2.45, 2.75) is 45.6 Å². The molecule has 2 unspecified atom stereocenters. The number of carboxylic acids is 1. The number of carbonyl (C=O) groups is 2. The number of morpholine rings is 1. The van der Waals surface area contributed by atoms with Crippen molar-refractivity contribution in [2.75, 3.05) is 19.8 Å². The third kappa shape index (κ3) is 3.08. The smallest absolute Gasteiger partial charge is 0.305 e. The first-order valence-electron chi connectivity index (χ1n) is 7.02. The summed E-state index contributed by atoms with van der Waals surface area (Å²) in [6.45, 7) is 5.63. The molecule has 2 aliphatic rings. The maximum Gasteiger partial charge on any atom is 0.305 e. The molecule has 108 valence electrons. The molecule has 2 atom stereocenters. The van der Waals surface area contributed by atoms with Gasteiger partial charge in [-0.15, -0.1) is 0 Å². The van der Waals surface area contributed by atoms with Gasteiger partial charge in [-0.1, -0.05) is 20.3 Å². The zero-order valence-corrected chi connectivity index (χ0v) is 11.7. The lowest BCUT2D eigenvalue weighted by molar-refractivity contribution is -0.151. The Morgan fingerprint density at radius 3 is 2.74 bits per heavy atom. The van der Waals surface area contributed by atoms with Crippen LogP contribution < -0.4 is 0 Å².